The van der Waals surface area contributed by atoms with E-state index in [1.165, 1.54) is 30.3 Å². The fourth-order valence-electron chi connectivity index (χ4n) is 3.58. The first-order valence-electron chi connectivity index (χ1n) is 11.7. The van der Waals surface area contributed by atoms with Crippen LogP contribution in [0.15, 0.2) is 42.5 Å². The maximum Gasteiger partial charge on any atom is 0.330 e. The number of carbonyl (C=O) groups is 4. The zero-order valence-electron chi connectivity index (χ0n) is 20.5. The minimum absolute atomic E-state index is 0.0701. The molecule has 2 aliphatic heterocycles. The number of aryl methyl sites for hydroxylation is 1. The molecule has 0 radical (unpaired) electrons. The van der Waals surface area contributed by atoms with Gasteiger partial charge in [-0.25, -0.2) is 0 Å². The number of rotatable bonds is 6. The molecule has 2 aromatic rings. The van der Waals surface area contributed by atoms with E-state index in [9.17, 15) is 28.0 Å². The Morgan fingerprint density at radius 3 is 2.69 bits per heavy atom. The van der Waals surface area contributed by atoms with Crippen LogP contribution in [0.4, 0.5) is 8.78 Å². The van der Waals surface area contributed by atoms with Gasteiger partial charge in [0.2, 0.25) is 17.6 Å². The largest absolute Gasteiger partial charge is 0.330 e. The molecule has 0 aromatic heterocycles. The van der Waals surface area contributed by atoms with E-state index in [0.29, 0.717) is 11.1 Å². The predicted molar refractivity (Wildman–Crippen MR) is 111 cm³/mol. The van der Waals surface area contributed by atoms with Gasteiger partial charge in [-0.15, -0.1) is 0 Å². The topological polar surface area (TPSA) is 83.6 Å². The van der Waals surface area contributed by atoms with Crippen molar-refractivity contribution < 1.29 is 33.5 Å². The summed E-state index contributed by atoms with van der Waals surface area (Å²) < 4.78 is 61.1. The monoisotopic (exact) mass is 464 g/mol. The molecule has 4 rings (SSSR count). The van der Waals surface area contributed by atoms with E-state index in [1.54, 1.807) is 0 Å². The summed E-state index contributed by atoms with van der Waals surface area (Å²) in [7, 11) is 0. The van der Waals surface area contributed by atoms with Gasteiger partial charge in [0.1, 0.15) is 6.02 Å². The maximum atomic E-state index is 14.5. The third-order valence-electron chi connectivity index (χ3n) is 5.28. The van der Waals surface area contributed by atoms with Crippen LogP contribution in [0.1, 0.15) is 50.4 Å². The van der Waals surface area contributed by atoms with Crippen LogP contribution in [0.2, 0.25) is 6.43 Å². The Bertz CT molecular complexity index is 1280. The number of piperidine rings is 1. The third kappa shape index (κ3) is 4.14. The van der Waals surface area contributed by atoms with Gasteiger partial charge >= 0.3 is 5.92 Å². The Hall–Kier alpha value is -3.13. The summed E-state index contributed by atoms with van der Waals surface area (Å²) in [6.45, 7) is -0.323. The number of nitrogens with one attached hydrogen (secondary N) is 1. The molecule has 0 saturated carbocycles. The number of halogens is 3. The lowest BCUT2D eigenvalue weighted by Gasteiger charge is -2.29. The lowest BCUT2D eigenvalue weighted by Crippen LogP contribution is -2.52. The number of hydrogen-bond acceptors (Lipinski definition) is 4. The van der Waals surface area contributed by atoms with Crippen LogP contribution in [0.5, 0.6) is 0 Å². The van der Waals surface area contributed by atoms with Crippen molar-refractivity contribution in [3.63, 3.8) is 0 Å². The summed E-state index contributed by atoms with van der Waals surface area (Å²) in [6.07, 6.45) is -4.42. The van der Waals surface area contributed by atoms with E-state index < -0.39 is 60.2 Å². The second-order valence-electron chi connectivity index (χ2n) is 7.36. The average Bonchev–Trinajstić information content (AvgIpc) is 3.19. The number of Topliss-reactive ketones (excluding diaryl/α,β-unsaturated/α-hetero) is 1. The number of benzene rings is 2. The Morgan fingerprint density at radius 1 is 1.25 bits per heavy atom. The van der Waals surface area contributed by atoms with Gasteiger partial charge in [0.05, 0.1) is 1.37 Å². The summed E-state index contributed by atoms with van der Waals surface area (Å²) in [5.41, 5.74) is 0.398. The van der Waals surface area contributed by atoms with Crippen LogP contribution in [0.3, 0.4) is 0 Å². The SMILES string of the molecule is [2H]C1C(=O)N([2H])C(=O)C([2H])(N2Cc3cc(CCC(=O)C(F)(F)c4ccc(Cl)cc4)ccc3C2=O)C1[2H]. The van der Waals surface area contributed by atoms with Crippen molar-refractivity contribution in [1.82, 2.24) is 10.2 Å². The van der Waals surface area contributed by atoms with Crippen molar-refractivity contribution in [2.75, 3.05) is 0 Å². The molecule has 0 spiro atoms. The smallest absolute Gasteiger partial charge is 0.322 e. The molecule has 6 nitrogen and oxygen atoms in total. The zero-order chi connectivity index (χ0) is 26.6. The molecule has 0 aliphatic carbocycles. The van der Waals surface area contributed by atoms with E-state index in [-0.39, 0.29) is 28.9 Å². The minimum Gasteiger partial charge on any atom is -0.322 e. The molecule has 1 N–H and O–H groups in total. The van der Waals surface area contributed by atoms with Gasteiger partial charge in [-0.3, -0.25) is 24.5 Å². The van der Waals surface area contributed by atoms with Crippen LogP contribution in [-0.2, 0) is 33.3 Å². The second kappa shape index (κ2) is 8.43. The van der Waals surface area contributed by atoms with Crippen LogP contribution >= 0.6 is 11.6 Å². The van der Waals surface area contributed by atoms with Gasteiger partial charge in [-0.05, 0) is 42.1 Å². The number of ketones is 1. The fourth-order valence-corrected chi connectivity index (χ4v) is 3.71. The minimum atomic E-state index is -3.72. The van der Waals surface area contributed by atoms with Crippen molar-refractivity contribution in [3.8, 4) is 0 Å². The number of amides is 3. The molecule has 166 valence electrons. The van der Waals surface area contributed by atoms with Crippen LogP contribution in [0, 0.1) is 0 Å². The van der Waals surface area contributed by atoms with Gasteiger partial charge in [-0.2, -0.15) is 8.78 Å². The fraction of sp³-hybridized carbons (Fsp3) is 0.304. The summed E-state index contributed by atoms with van der Waals surface area (Å²) in [6, 6.07) is 6.31. The molecule has 3 atom stereocenters. The molecule has 9 heteroatoms. The summed E-state index contributed by atoms with van der Waals surface area (Å²) in [5, 5.41) is 0.0919. The van der Waals surface area contributed by atoms with E-state index in [1.807, 2.05) is 0 Å². The van der Waals surface area contributed by atoms with Crippen molar-refractivity contribution >= 4 is 35.1 Å². The highest BCUT2D eigenvalue weighted by atomic mass is 35.5. The van der Waals surface area contributed by atoms with E-state index in [2.05, 4.69) is 0 Å². The Balaban J connectivity index is 1.51. The molecular formula is C23H19ClF2N2O4. The van der Waals surface area contributed by atoms with E-state index >= 15 is 0 Å². The Kier molecular flexibility index (Phi) is 4.59. The van der Waals surface area contributed by atoms with Gasteiger partial charge < -0.3 is 4.90 Å². The molecule has 1 fully saturated rings. The number of imide groups is 1. The Labute approximate surface area is 193 Å². The summed E-state index contributed by atoms with van der Waals surface area (Å²) in [4.78, 5) is 50.4. The number of nitrogens with zero attached hydrogens (tertiary/aromatic N) is 1. The summed E-state index contributed by atoms with van der Waals surface area (Å²) >= 11 is 5.71. The number of fused-ring (bicyclic) bond motifs is 1. The van der Waals surface area contributed by atoms with Crippen molar-refractivity contribution in [2.24, 2.45) is 0 Å². The number of hydrogen-bond donors (Lipinski definition) is 1. The van der Waals surface area contributed by atoms with Crippen LogP contribution in [0.25, 0.3) is 0 Å². The number of carbonyl (C=O) groups excluding carboxylic acids is 4. The van der Waals surface area contributed by atoms with Crippen LogP contribution < -0.4 is 5.31 Å². The lowest BCUT2D eigenvalue weighted by atomic mass is 9.97. The molecule has 32 heavy (non-hydrogen) atoms. The van der Waals surface area contributed by atoms with E-state index in [0.717, 1.165) is 17.0 Å². The predicted octanol–water partition coefficient (Wildman–Crippen LogP) is 3.39. The van der Waals surface area contributed by atoms with Crippen molar-refractivity contribution in [1.29, 1.82) is 0 Å². The molecule has 2 aromatic carbocycles. The molecule has 3 unspecified atom stereocenters. The Morgan fingerprint density at radius 2 is 1.97 bits per heavy atom. The van der Waals surface area contributed by atoms with Crippen molar-refractivity contribution in [2.45, 2.75) is 44.1 Å². The highest BCUT2D eigenvalue weighted by Crippen LogP contribution is 2.32. The zero-order valence-corrected chi connectivity index (χ0v) is 17.2. The van der Waals surface area contributed by atoms with Gasteiger partial charge in [0, 0.05) is 38.3 Å². The number of alkyl halides is 2. The molecule has 3 amide bonds. The first-order valence-corrected chi connectivity index (χ1v) is 10.0. The molecule has 2 aliphatic rings. The first-order chi connectivity index (χ1) is 16.8. The van der Waals surface area contributed by atoms with Gasteiger partial charge in [0.15, 0.2) is 1.41 Å². The maximum absolute atomic E-state index is 14.5. The lowest BCUT2D eigenvalue weighted by molar-refractivity contribution is -0.144. The second-order valence-corrected chi connectivity index (χ2v) is 7.80. The van der Waals surface area contributed by atoms with Gasteiger partial charge in [-0.1, -0.05) is 35.9 Å². The highest BCUT2D eigenvalue weighted by Gasteiger charge is 2.41. The standard InChI is InChI=1S/C23H19ClF2N2O4/c24-16-5-3-15(4-6-16)23(25,26)19(29)9-2-13-1-7-17-14(11-13)12-28(22(17)32)18-8-10-20(30)27-21(18)31/h1,3-7,11,18H,2,8-10,12H2,(H,27,30,31)/i8D,10D,18D/hD. The first kappa shape index (κ1) is 17.4. The molecule has 0 bridgehead atoms. The normalized spacial score (nSPS) is 27.5. The van der Waals surface area contributed by atoms with Crippen molar-refractivity contribution in [3.05, 3.63) is 69.7 Å². The quantitative estimate of drug-likeness (QED) is 0.664. The molecule has 1 saturated heterocycles. The third-order valence-corrected chi connectivity index (χ3v) is 5.53. The molecular weight excluding hydrogens is 442 g/mol. The summed E-state index contributed by atoms with van der Waals surface area (Å²) in [5.74, 6) is -8.48. The average molecular weight is 465 g/mol. The van der Waals surface area contributed by atoms with Gasteiger partial charge in [0.25, 0.3) is 5.91 Å². The molecule has 2 heterocycles. The highest BCUT2D eigenvalue weighted by molar-refractivity contribution is 6.30. The van der Waals surface area contributed by atoms with Crippen LogP contribution in [-0.4, -0.2) is 34.4 Å². The van der Waals surface area contributed by atoms with E-state index in [4.69, 9.17) is 17.1 Å².